The van der Waals surface area contributed by atoms with Gasteiger partial charge in [0.15, 0.2) is 0 Å². The quantitative estimate of drug-likeness (QED) is 0.622. The van der Waals surface area contributed by atoms with Crippen LogP contribution in [0.25, 0.3) is 0 Å². The summed E-state index contributed by atoms with van der Waals surface area (Å²) in [5, 5.41) is 8.83. The van der Waals surface area contributed by atoms with Gasteiger partial charge in [-0.15, -0.1) is 0 Å². The molecule has 0 aromatic heterocycles. The van der Waals surface area contributed by atoms with Gasteiger partial charge in [-0.25, -0.2) is 0 Å². The average Bonchev–Trinajstić information content (AvgIpc) is 2.11. The molecule has 1 aliphatic rings. The third-order valence-electron chi connectivity index (χ3n) is 2.44. The molecule has 4 heteroatoms. The van der Waals surface area contributed by atoms with Crippen molar-refractivity contribution >= 4 is 0 Å². The maximum absolute atomic E-state index is 8.83. The third kappa shape index (κ3) is 3.23. The first-order valence-corrected chi connectivity index (χ1v) is 4.85. The standard InChI is InChI=1S/C9H20N2O2/c1-7-6-13-8(2)3-11(7)4-9(10)5-12/h7-9,12H,3-6,10H2,1-2H3. The van der Waals surface area contributed by atoms with Crippen molar-refractivity contribution in [2.24, 2.45) is 5.73 Å². The van der Waals surface area contributed by atoms with Gasteiger partial charge in [-0.05, 0) is 13.8 Å². The van der Waals surface area contributed by atoms with Crippen molar-refractivity contribution < 1.29 is 9.84 Å². The molecule has 1 rings (SSSR count). The van der Waals surface area contributed by atoms with E-state index in [0.717, 1.165) is 19.7 Å². The highest BCUT2D eigenvalue weighted by atomic mass is 16.5. The number of hydrogen-bond donors (Lipinski definition) is 2. The second-order valence-electron chi connectivity index (χ2n) is 3.89. The Morgan fingerprint density at radius 2 is 2.31 bits per heavy atom. The first-order valence-electron chi connectivity index (χ1n) is 4.85. The summed E-state index contributed by atoms with van der Waals surface area (Å²) in [6, 6.07) is 0.279. The van der Waals surface area contributed by atoms with Gasteiger partial charge in [0.25, 0.3) is 0 Å². The summed E-state index contributed by atoms with van der Waals surface area (Å²) in [5.41, 5.74) is 5.68. The van der Waals surface area contributed by atoms with Crippen molar-refractivity contribution in [3.8, 4) is 0 Å². The number of aliphatic hydroxyl groups is 1. The van der Waals surface area contributed by atoms with Gasteiger partial charge in [-0.2, -0.15) is 0 Å². The Kier molecular flexibility index (Phi) is 4.12. The molecule has 1 fully saturated rings. The van der Waals surface area contributed by atoms with Crippen molar-refractivity contribution in [3.05, 3.63) is 0 Å². The van der Waals surface area contributed by atoms with Crippen LogP contribution in [0.5, 0.6) is 0 Å². The van der Waals surface area contributed by atoms with Crippen molar-refractivity contribution in [1.82, 2.24) is 4.90 Å². The molecule has 1 saturated heterocycles. The minimum atomic E-state index is -0.132. The van der Waals surface area contributed by atoms with Crippen molar-refractivity contribution in [2.75, 3.05) is 26.3 Å². The molecule has 4 nitrogen and oxygen atoms in total. The lowest BCUT2D eigenvalue weighted by Crippen LogP contribution is -2.52. The van der Waals surface area contributed by atoms with Gasteiger partial charge in [-0.3, -0.25) is 4.90 Å². The highest BCUT2D eigenvalue weighted by molar-refractivity contribution is 4.78. The fourth-order valence-electron chi connectivity index (χ4n) is 1.59. The molecule has 13 heavy (non-hydrogen) atoms. The number of nitrogens with zero attached hydrogens (tertiary/aromatic N) is 1. The molecule has 0 bridgehead atoms. The Morgan fingerprint density at radius 3 is 2.92 bits per heavy atom. The molecule has 0 radical (unpaired) electrons. The zero-order chi connectivity index (χ0) is 9.84. The monoisotopic (exact) mass is 188 g/mol. The normalized spacial score (nSPS) is 33.2. The van der Waals surface area contributed by atoms with Crippen LogP contribution in [0.4, 0.5) is 0 Å². The lowest BCUT2D eigenvalue weighted by Gasteiger charge is -2.37. The van der Waals surface area contributed by atoms with Crippen LogP contribution in [0.2, 0.25) is 0 Å². The fourth-order valence-corrected chi connectivity index (χ4v) is 1.59. The average molecular weight is 188 g/mol. The van der Waals surface area contributed by atoms with Gasteiger partial charge in [0.05, 0.1) is 19.3 Å². The van der Waals surface area contributed by atoms with Crippen LogP contribution in [0.3, 0.4) is 0 Å². The molecule has 1 heterocycles. The van der Waals surface area contributed by atoms with Crippen molar-refractivity contribution in [1.29, 1.82) is 0 Å². The zero-order valence-electron chi connectivity index (χ0n) is 8.44. The van der Waals surface area contributed by atoms with Gasteiger partial charge in [0, 0.05) is 25.2 Å². The van der Waals surface area contributed by atoms with Gasteiger partial charge < -0.3 is 15.6 Å². The molecular formula is C9H20N2O2. The molecule has 0 aliphatic carbocycles. The predicted molar refractivity (Wildman–Crippen MR) is 51.5 cm³/mol. The molecule has 3 atom stereocenters. The first-order chi connectivity index (χ1) is 6.13. The van der Waals surface area contributed by atoms with Gasteiger partial charge in [0.1, 0.15) is 0 Å². The van der Waals surface area contributed by atoms with Gasteiger partial charge in [0.2, 0.25) is 0 Å². The second kappa shape index (κ2) is 4.91. The van der Waals surface area contributed by atoms with Crippen LogP contribution in [-0.2, 0) is 4.74 Å². The molecular weight excluding hydrogens is 168 g/mol. The number of ether oxygens (including phenoxy) is 1. The molecule has 0 aromatic carbocycles. The molecule has 0 aromatic rings. The summed E-state index contributed by atoms with van der Waals surface area (Å²) in [4.78, 5) is 2.27. The summed E-state index contributed by atoms with van der Waals surface area (Å²) >= 11 is 0. The largest absolute Gasteiger partial charge is 0.395 e. The van der Waals surface area contributed by atoms with Crippen LogP contribution < -0.4 is 5.73 Å². The molecule has 0 spiro atoms. The molecule has 78 valence electrons. The SMILES string of the molecule is CC1CN(CC(N)CO)C(C)CO1. The summed E-state index contributed by atoms with van der Waals surface area (Å²) in [5.74, 6) is 0. The molecule has 3 unspecified atom stereocenters. The van der Waals surface area contributed by atoms with Crippen LogP contribution >= 0.6 is 0 Å². The van der Waals surface area contributed by atoms with E-state index in [4.69, 9.17) is 15.6 Å². The highest BCUT2D eigenvalue weighted by Gasteiger charge is 2.24. The first kappa shape index (κ1) is 10.9. The Hall–Kier alpha value is -0.160. The Balaban J connectivity index is 2.37. The Morgan fingerprint density at radius 1 is 1.62 bits per heavy atom. The highest BCUT2D eigenvalue weighted by Crippen LogP contribution is 2.10. The number of aliphatic hydroxyl groups excluding tert-OH is 1. The summed E-state index contributed by atoms with van der Waals surface area (Å²) < 4.78 is 5.49. The maximum Gasteiger partial charge on any atom is 0.0674 e. The second-order valence-corrected chi connectivity index (χ2v) is 3.89. The van der Waals surface area contributed by atoms with Crippen LogP contribution in [0, 0.1) is 0 Å². The number of rotatable bonds is 3. The van der Waals surface area contributed by atoms with E-state index in [1.165, 1.54) is 0 Å². The third-order valence-corrected chi connectivity index (χ3v) is 2.44. The lowest BCUT2D eigenvalue weighted by atomic mass is 10.2. The summed E-state index contributed by atoms with van der Waals surface area (Å²) in [7, 11) is 0. The van der Waals surface area contributed by atoms with E-state index >= 15 is 0 Å². The van der Waals surface area contributed by atoms with Crippen molar-refractivity contribution in [3.63, 3.8) is 0 Å². The number of nitrogens with two attached hydrogens (primary N) is 1. The number of morpholine rings is 1. The zero-order valence-corrected chi connectivity index (χ0v) is 8.44. The number of hydrogen-bond acceptors (Lipinski definition) is 4. The van der Waals surface area contributed by atoms with E-state index in [1.54, 1.807) is 0 Å². The van der Waals surface area contributed by atoms with E-state index in [1.807, 2.05) is 0 Å². The molecule has 0 amide bonds. The maximum atomic E-state index is 8.83. The van der Waals surface area contributed by atoms with E-state index in [9.17, 15) is 0 Å². The van der Waals surface area contributed by atoms with Crippen molar-refractivity contribution in [2.45, 2.75) is 32.0 Å². The Bertz CT molecular complexity index is 155. The summed E-state index contributed by atoms with van der Waals surface area (Å²) in [6.45, 7) is 6.66. The van der Waals surface area contributed by atoms with E-state index in [2.05, 4.69) is 18.7 Å². The van der Waals surface area contributed by atoms with Gasteiger partial charge in [-0.1, -0.05) is 0 Å². The predicted octanol–water partition coefficient (Wildman–Crippen LogP) is -0.585. The van der Waals surface area contributed by atoms with Crippen LogP contribution in [-0.4, -0.2) is 54.5 Å². The molecule has 3 N–H and O–H groups in total. The van der Waals surface area contributed by atoms with Crippen LogP contribution in [0.1, 0.15) is 13.8 Å². The smallest absolute Gasteiger partial charge is 0.0674 e. The van der Waals surface area contributed by atoms with E-state index < -0.39 is 0 Å². The van der Waals surface area contributed by atoms with E-state index in [0.29, 0.717) is 6.04 Å². The summed E-state index contributed by atoms with van der Waals surface area (Å²) in [6.07, 6.45) is 0.280. The topological polar surface area (TPSA) is 58.7 Å². The minimum absolute atomic E-state index is 0.0540. The Labute approximate surface area is 79.7 Å². The molecule has 0 saturated carbocycles. The fraction of sp³-hybridized carbons (Fsp3) is 1.00. The molecule has 1 aliphatic heterocycles. The van der Waals surface area contributed by atoms with Crippen LogP contribution in [0.15, 0.2) is 0 Å². The lowest BCUT2D eigenvalue weighted by molar-refractivity contribution is -0.0522. The van der Waals surface area contributed by atoms with Gasteiger partial charge >= 0.3 is 0 Å². The van der Waals surface area contributed by atoms with E-state index in [-0.39, 0.29) is 18.8 Å². The minimum Gasteiger partial charge on any atom is -0.395 e.